The van der Waals surface area contributed by atoms with Crippen molar-refractivity contribution in [2.24, 2.45) is 0 Å². The van der Waals surface area contributed by atoms with E-state index < -0.39 is 15.8 Å². The SMILES string of the molecule is CCC(C)N1CCN(S(=O)(=O)c2ccc(F)cc2)CC1. The van der Waals surface area contributed by atoms with Crippen molar-refractivity contribution in [3.63, 3.8) is 0 Å². The van der Waals surface area contributed by atoms with Gasteiger partial charge in [0.05, 0.1) is 4.90 Å². The highest BCUT2D eigenvalue weighted by atomic mass is 32.2. The van der Waals surface area contributed by atoms with Crippen LogP contribution in [0.3, 0.4) is 0 Å². The summed E-state index contributed by atoms with van der Waals surface area (Å²) in [5, 5.41) is 0. The van der Waals surface area contributed by atoms with Crippen molar-refractivity contribution in [3.05, 3.63) is 30.1 Å². The van der Waals surface area contributed by atoms with Crippen LogP contribution in [0.2, 0.25) is 0 Å². The van der Waals surface area contributed by atoms with Gasteiger partial charge in [-0.1, -0.05) is 6.92 Å². The standard InChI is InChI=1S/C14H21FN2O2S/c1-3-12(2)16-8-10-17(11-9-16)20(18,19)14-6-4-13(15)5-7-14/h4-7,12H,3,8-11H2,1-2H3. The third-order valence-corrected chi connectivity index (χ3v) is 5.85. The molecular weight excluding hydrogens is 279 g/mol. The number of piperazine rings is 1. The first kappa shape index (κ1) is 15.4. The van der Waals surface area contributed by atoms with Gasteiger partial charge >= 0.3 is 0 Å². The summed E-state index contributed by atoms with van der Waals surface area (Å²) in [4.78, 5) is 2.47. The highest BCUT2D eigenvalue weighted by molar-refractivity contribution is 7.89. The Balaban J connectivity index is 2.07. The summed E-state index contributed by atoms with van der Waals surface area (Å²) in [6.45, 7) is 6.76. The average Bonchev–Trinajstić information content (AvgIpc) is 2.47. The minimum absolute atomic E-state index is 0.163. The van der Waals surface area contributed by atoms with Crippen molar-refractivity contribution in [1.29, 1.82) is 0 Å². The van der Waals surface area contributed by atoms with Gasteiger partial charge in [0, 0.05) is 32.2 Å². The molecule has 0 saturated carbocycles. The third-order valence-electron chi connectivity index (χ3n) is 3.94. The van der Waals surface area contributed by atoms with Crippen LogP contribution in [0.4, 0.5) is 4.39 Å². The molecule has 0 spiro atoms. The molecule has 0 N–H and O–H groups in total. The molecule has 1 aromatic rings. The van der Waals surface area contributed by atoms with Gasteiger partial charge in [0.15, 0.2) is 0 Å². The van der Waals surface area contributed by atoms with Crippen molar-refractivity contribution in [1.82, 2.24) is 9.21 Å². The smallest absolute Gasteiger partial charge is 0.243 e. The molecule has 4 nitrogen and oxygen atoms in total. The number of rotatable bonds is 4. The molecule has 0 aliphatic carbocycles. The van der Waals surface area contributed by atoms with Gasteiger partial charge in [-0.05, 0) is 37.6 Å². The van der Waals surface area contributed by atoms with Gasteiger partial charge < -0.3 is 0 Å². The Bertz CT molecular complexity index is 537. The summed E-state index contributed by atoms with van der Waals surface area (Å²) in [5.41, 5.74) is 0. The zero-order chi connectivity index (χ0) is 14.8. The predicted molar refractivity (Wildman–Crippen MR) is 76.5 cm³/mol. The van der Waals surface area contributed by atoms with Crippen molar-refractivity contribution in [2.75, 3.05) is 26.2 Å². The Hall–Kier alpha value is -0.980. The summed E-state index contributed by atoms with van der Waals surface area (Å²) >= 11 is 0. The number of sulfonamides is 1. The first-order chi connectivity index (χ1) is 9.45. The molecule has 1 fully saturated rings. The number of nitrogens with zero attached hydrogens (tertiary/aromatic N) is 2. The van der Waals surface area contributed by atoms with Crippen LogP contribution in [-0.4, -0.2) is 49.8 Å². The molecule has 1 heterocycles. The number of halogens is 1. The fourth-order valence-electron chi connectivity index (χ4n) is 2.40. The van der Waals surface area contributed by atoms with E-state index in [2.05, 4.69) is 18.7 Å². The van der Waals surface area contributed by atoms with Gasteiger partial charge in [-0.3, -0.25) is 4.90 Å². The summed E-state index contributed by atoms with van der Waals surface area (Å²) in [6, 6.07) is 5.49. The Morgan fingerprint density at radius 2 is 1.70 bits per heavy atom. The zero-order valence-corrected chi connectivity index (χ0v) is 12.7. The molecule has 2 rings (SSSR count). The maximum absolute atomic E-state index is 12.9. The lowest BCUT2D eigenvalue weighted by Gasteiger charge is -2.37. The monoisotopic (exact) mass is 300 g/mol. The second-order valence-corrected chi connectivity index (χ2v) is 7.09. The summed E-state index contributed by atoms with van der Waals surface area (Å²) in [7, 11) is -3.49. The molecule has 0 radical (unpaired) electrons. The maximum atomic E-state index is 12.9. The van der Waals surface area contributed by atoms with E-state index >= 15 is 0 Å². The number of benzene rings is 1. The molecule has 0 amide bonds. The predicted octanol–water partition coefficient (Wildman–Crippen LogP) is 1.93. The molecule has 0 aromatic heterocycles. The van der Waals surface area contributed by atoms with E-state index in [9.17, 15) is 12.8 Å². The van der Waals surface area contributed by atoms with E-state index in [1.807, 2.05) is 0 Å². The molecule has 20 heavy (non-hydrogen) atoms. The van der Waals surface area contributed by atoms with Crippen LogP contribution in [-0.2, 0) is 10.0 Å². The quantitative estimate of drug-likeness (QED) is 0.853. The topological polar surface area (TPSA) is 40.6 Å². The second-order valence-electron chi connectivity index (χ2n) is 5.15. The molecule has 1 saturated heterocycles. The van der Waals surface area contributed by atoms with Crippen LogP contribution in [0.1, 0.15) is 20.3 Å². The molecular formula is C14H21FN2O2S. The Labute approximate surface area is 120 Å². The van der Waals surface area contributed by atoms with E-state index in [1.165, 1.54) is 28.6 Å². The summed E-state index contributed by atoms with van der Waals surface area (Å²) in [6.07, 6.45) is 1.06. The molecule has 6 heteroatoms. The molecule has 112 valence electrons. The van der Waals surface area contributed by atoms with Gasteiger partial charge in [0.25, 0.3) is 0 Å². The van der Waals surface area contributed by atoms with Crippen LogP contribution in [0.25, 0.3) is 0 Å². The summed E-state index contributed by atoms with van der Waals surface area (Å²) in [5.74, 6) is -0.425. The van der Waals surface area contributed by atoms with Crippen molar-refractivity contribution in [3.8, 4) is 0 Å². The van der Waals surface area contributed by atoms with E-state index in [0.29, 0.717) is 19.1 Å². The Morgan fingerprint density at radius 3 is 2.20 bits per heavy atom. The molecule has 1 aliphatic rings. The first-order valence-corrected chi connectivity index (χ1v) is 8.39. The van der Waals surface area contributed by atoms with Crippen molar-refractivity contribution < 1.29 is 12.8 Å². The molecule has 1 aliphatic heterocycles. The van der Waals surface area contributed by atoms with Gasteiger partial charge in [-0.25, -0.2) is 12.8 Å². The van der Waals surface area contributed by atoms with Crippen LogP contribution < -0.4 is 0 Å². The maximum Gasteiger partial charge on any atom is 0.243 e. The average molecular weight is 300 g/mol. The zero-order valence-electron chi connectivity index (χ0n) is 11.9. The lowest BCUT2D eigenvalue weighted by molar-refractivity contribution is 0.142. The van der Waals surface area contributed by atoms with E-state index in [0.717, 1.165) is 19.5 Å². The normalized spacial score (nSPS) is 19.9. The van der Waals surface area contributed by atoms with E-state index in [4.69, 9.17) is 0 Å². The van der Waals surface area contributed by atoms with Crippen molar-refractivity contribution in [2.45, 2.75) is 31.2 Å². The van der Waals surface area contributed by atoms with Gasteiger partial charge in [0.2, 0.25) is 10.0 Å². The molecule has 1 aromatic carbocycles. The van der Waals surface area contributed by atoms with Crippen LogP contribution in [0.15, 0.2) is 29.2 Å². The minimum atomic E-state index is -3.49. The first-order valence-electron chi connectivity index (χ1n) is 6.95. The highest BCUT2D eigenvalue weighted by Crippen LogP contribution is 2.19. The lowest BCUT2D eigenvalue weighted by atomic mass is 10.2. The molecule has 1 unspecified atom stereocenters. The van der Waals surface area contributed by atoms with Crippen LogP contribution >= 0.6 is 0 Å². The van der Waals surface area contributed by atoms with Gasteiger partial charge in [0.1, 0.15) is 5.82 Å². The lowest BCUT2D eigenvalue weighted by Crippen LogP contribution is -2.51. The highest BCUT2D eigenvalue weighted by Gasteiger charge is 2.29. The van der Waals surface area contributed by atoms with Gasteiger partial charge in [-0.2, -0.15) is 4.31 Å². The minimum Gasteiger partial charge on any atom is -0.298 e. The fraction of sp³-hybridized carbons (Fsp3) is 0.571. The number of hydrogen-bond donors (Lipinski definition) is 0. The largest absolute Gasteiger partial charge is 0.298 e. The second kappa shape index (κ2) is 6.20. The fourth-order valence-corrected chi connectivity index (χ4v) is 3.82. The van der Waals surface area contributed by atoms with E-state index in [1.54, 1.807) is 0 Å². The Morgan fingerprint density at radius 1 is 1.15 bits per heavy atom. The van der Waals surface area contributed by atoms with E-state index in [-0.39, 0.29) is 4.90 Å². The third kappa shape index (κ3) is 3.19. The molecule has 1 atom stereocenters. The van der Waals surface area contributed by atoms with Gasteiger partial charge in [-0.15, -0.1) is 0 Å². The van der Waals surface area contributed by atoms with Crippen molar-refractivity contribution >= 4 is 10.0 Å². The Kier molecular flexibility index (Phi) is 4.78. The summed E-state index contributed by atoms with van der Waals surface area (Å²) < 4.78 is 39.2. The number of hydrogen-bond acceptors (Lipinski definition) is 3. The van der Waals surface area contributed by atoms with Crippen LogP contribution in [0, 0.1) is 5.82 Å². The van der Waals surface area contributed by atoms with Crippen LogP contribution in [0.5, 0.6) is 0 Å². The molecule has 0 bridgehead atoms.